The molecule has 1 aliphatic carbocycles. The lowest BCUT2D eigenvalue weighted by molar-refractivity contribution is 0.647. The number of hydrogen-bond acceptors (Lipinski definition) is 4. The Balaban J connectivity index is 1.65. The number of nitrogens with zero attached hydrogens (tertiary/aromatic N) is 4. The first-order valence-electron chi connectivity index (χ1n) is 9.81. The van der Waals surface area contributed by atoms with E-state index >= 15 is 0 Å². The molecule has 0 spiro atoms. The average Bonchev–Trinajstić information content (AvgIpc) is 3.29. The normalized spacial score (nSPS) is 15.3. The molecule has 0 unspecified atom stereocenters. The van der Waals surface area contributed by atoms with Gasteiger partial charge in [-0.25, -0.2) is 0 Å². The molecule has 2 aromatic heterocycles. The summed E-state index contributed by atoms with van der Waals surface area (Å²) in [6.45, 7) is 7.15. The highest BCUT2D eigenvalue weighted by molar-refractivity contribution is 7.15. The Morgan fingerprint density at radius 3 is 2.70 bits per heavy atom. The Bertz CT molecular complexity index is 1040. The second-order valence-corrected chi connectivity index (χ2v) is 9.08. The minimum Gasteiger partial charge on any atom is -0.276 e. The zero-order valence-corrected chi connectivity index (χ0v) is 16.9. The third kappa shape index (κ3) is 2.76. The van der Waals surface area contributed by atoms with Crippen LogP contribution >= 0.6 is 11.3 Å². The first-order chi connectivity index (χ1) is 13.1. The van der Waals surface area contributed by atoms with Crippen molar-refractivity contribution in [1.82, 2.24) is 14.8 Å². The fourth-order valence-corrected chi connectivity index (χ4v) is 5.76. The van der Waals surface area contributed by atoms with Gasteiger partial charge >= 0.3 is 0 Å². The van der Waals surface area contributed by atoms with E-state index in [4.69, 9.17) is 4.99 Å². The number of benzene rings is 1. The highest BCUT2D eigenvalue weighted by Gasteiger charge is 2.30. The summed E-state index contributed by atoms with van der Waals surface area (Å²) in [5, 5.41) is 9.96. The third-order valence-corrected chi connectivity index (χ3v) is 6.76. The summed E-state index contributed by atoms with van der Waals surface area (Å²) in [6.07, 6.45) is 4.71. The van der Waals surface area contributed by atoms with E-state index in [0.29, 0.717) is 12.5 Å². The lowest BCUT2D eigenvalue weighted by Gasteiger charge is -2.11. The molecule has 27 heavy (non-hydrogen) atoms. The predicted octanol–water partition coefficient (Wildman–Crippen LogP) is 4.68. The number of hydrogen-bond donors (Lipinski definition) is 0. The van der Waals surface area contributed by atoms with Crippen LogP contribution in [0.15, 0.2) is 29.3 Å². The van der Waals surface area contributed by atoms with Gasteiger partial charge in [0.1, 0.15) is 17.4 Å². The van der Waals surface area contributed by atoms with Crippen molar-refractivity contribution in [2.45, 2.75) is 53.0 Å². The summed E-state index contributed by atoms with van der Waals surface area (Å²) in [5.74, 6) is 2.57. The van der Waals surface area contributed by atoms with Crippen molar-refractivity contribution in [3.8, 4) is 5.00 Å². The fraction of sp³-hybridized carbons (Fsp3) is 0.409. The van der Waals surface area contributed by atoms with Gasteiger partial charge in [-0.2, -0.15) is 0 Å². The zero-order valence-electron chi connectivity index (χ0n) is 16.1. The molecular formula is C22H24N4S. The van der Waals surface area contributed by atoms with Gasteiger partial charge in [-0.05, 0) is 49.7 Å². The molecule has 3 aromatic rings. The van der Waals surface area contributed by atoms with E-state index in [2.05, 4.69) is 52.9 Å². The van der Waals surface area contributed by atoms with Crippen molar-refractivity contribution in [3.05, 3.63) is 63.0 Å². The molecule has 1 aromatic carbocycles. The van der Waals surface area contributed by atoms with Crippen LogP contribution < -0.4 is 0 Å². The number of aliphatic imine (C=N–C) groups is 1. The van der Waals surface area contributed by atoms with E-state index in [1.807, 2.05) is 18.3 Å². The van der Waals surface area contributed by atoms with E-state index in [1.165, 1.54) is 45.0 Å². The number of fused-ring (bicyclic) bond motifs is 5. The highest BCUT2D eigenvalue weighted by atomic mass is 32.1. The highest BCUT2D eigenvalue weighted by Crippen LogP contribution is 2.41. The van der Waals surface area contributed by atoms with Crippen molar-refractivity contribution >= 4 is 17.0 Å². The summed E-state index contributed by atoms with van der Waals surface area (Å²) in [5.41, 5.74) is 6.57. The Hall–Kier alpha value is -2.27. The van der Waals surface area contributed by atoms with Crippen molar-refractivity contribution in [3.63, 3.8) is 0 Å². The van der Waals surface area contributed by atoms with Gasteiger partial charge in [-0.1, -0.05) is 38.1 Å². The van der Waals surface area contributed by atoms with Gasteiger partial charge < -0.3 is 0 Å². The number of aryl methyl sites for hydroxylation is 2. The summed E-state index contributed by atoms with van der Waals surface area (Å²) in [7, 11) is 0. The lowest BCUT2D eigenvalue weighted by atomic mass is 9.96. The van der Waals surface area contributed by atoms with Crippen LogP contribution in [0.4, 0.5) is 0 Å². The van der Waals surface area contributed by atoms with Crippen LogP contribution in [0.5, 0.6) is 0 Å². The molecule has 1 aliphatic heterocycles. The molecule has 0 bridgehead atoms. The van der Waals surface area contributed by atoms with Crippen LogP contribution in [0, 0.1) is 12.8 Å². The fourth-order valence-electron chi connectivity index (χ4n) is 4.30. The van der Waals surface area contributed by atoms with E-state index in [1.54, 1.807) is 0 Å². The molecular weight excluding hydrogens is 352 g/mol. The number of aromatic nitrogens is 3. The minimum absolute atomic E-state index is 0.583. The van der Waals surface area contributed by atoms with Gasteiger partial charge in [-0.15, -0.1) is 21.5 Å². The Morgan fingerprint density at radius 1 is 1.11 bits per heavy atom. The van der Waals surface area contributed by atoms with Gasteiger partial charge in [0.15, 0.2) is 5.82 Å². The topological polar surface area (TPSA) is 43.1 Å². The van der Waals surface area contributed by atoms with Crippen LogP contribution in [0.25, 0.3) is 5.00 Å². The maximum absolute atomic E-state index is 5.03. The molecule has 5 heteroatoms. The molecule has 138 valence electrons. The molecule has 0 N–H and O–H groups in total. The van der Waals surface area contributed by atoms with Crippen molar-refractivity contribution in [2.24, 2.45) is 10.9 Å². The Morgan fingerprint density at radius 2 is 1.93 bits per heavy atom. The summed E-state index contributed by atoms with van der Waals surface area (Å²) in [6, 6.07) is 9.03. The van der Waals surface area contributed by atoms with Gasteiger partial charge in [0.25, 0.3) is 0 Å². The molecule has 0 radical (unpaired) electrons. The molecule has 0 amide bonds. The third-order valence-electron chi connectivity index (χ3n) is 5.48. The van der Waals surface area contributed by atoms with E-state index in [-0.39, 0.29) is 0 Å². The predicted molar refractivity (Wildman–Crippen MR) is 110 cm³/mol. The van der Waals surface area contributed by atoms with Gasteiger partial charge in [0.2, 0.25) is 0 Å². The van der Waals surface area contributed by atoms with E-state index < -0.39 is 0 Å². The molecule has 0 atom stereocenters. The molecule has 0 fully saturated rings. The standard InChI is InChI=1S/C22H24N4S/c1-13(2)11-15-7-9-16(10-8-15)21-20-17-5-4-6-18(17)27-22(20)26-14(3)24-25-19(26)12-23-21/h7-10,13H,4-6,11-12H2,1-3H3. The Kier molecular flexibility index (Phi) is 4.01. The summed E-state index contributed by atoms with van der Waals surface area (Å²) < 4.78 is 2.22. The van der Waals surface area contributed by atoms with Crippen molar-refractivity contribution in [2.75, 3.05) is 0 Å². The molecule has 2 aliphatic rings. The SMILES string of the molecule is Cc1nnc2n1-c1sc3c(c1C(c1ccc(CC(C)C)cc1)=NC2)CCC3. The maximum atomic E-state index is 5.03. The van der Waals surface area contributed by atoms with Crippen LogP contribution in [-0.2, 0) is 25.8 Å². The molecule has 0 saturated carbocycles. The first-order valence-corrected chi connectivity index (χ1v) is 10.6. The summed E-state index contributed by atoms with van der Waals surface area (Å²) in [4.78, 5) is 6.55. The smallest absolute Gasteiger partial charge is 0.160 e. The van der Waals surface area contributed by atoms with Crippen molar-refractivity contribution in [1.29, 1.82) is 0 Å². The molecule has 4 nitrogen and oxygen atoms in total. The second-order valence-electron chi connectivity index (χ2n) is 8.00. The minimum atomic E-state index is 0.583. The van der Waals surface area contributed by atoms with Crippen LogP contribution in [0.3, 0.4) is 0 Å². The zero-order chi connectivity index (χ0) is 18.5. The lowest BCUT2D eigenvalue weighted by Crippen LogP contribution is -2.08. The molecule has 0 saturated heterocycles. The maximum Gasteiger partial charge on any atom is 0.160 e. The average molecular weight is 377 g/mol. The number of rotatable bonds is 3. The monoisotopic (exact) mass is 376 g/mol. The van der Waals surface area contributed by atoms with Crippen LogP contribution in [0.1, 0.15) is 59.0 Å². The van der Waals surface area contributed by atoms with Crippen LogP contribution in [0.2, 0.25) is 0 Å². The van der Waals surface area contributed by atoms with E-state index in [9.17, 15) is 0 Å². The Labute approximate surface area is 164 Å². The molecule has 5 rings (SSSR count). The second kappa shape index (κ2) is 6.41. The van der Waals surface area contributed by atoms with Crippen LogP contribution in [-0.4, -0.2) is 20.5 Å². The first kappa shape index (κ1) is 16.9. The van der Waals surface area contributed by atoms with Crippen molar-refractivity contribution < 1.29 is 0 Å². The quantitative estimate of drug-likeness (QED) is 0.666. The molecule has 3 heterocycles. The van der Waals surface area contributed by atoms with Gasteiger partial charge in [-0.3, -0.25) is 9.56 Å². The van der Waals surface area contributed by atoms with E-state index in [0.717, 1.165) is 30.2 Å². The van der Waals surface area contributed by atoms with Gasteiger partial charge in [0, 0.05) is 16.0 Å². The largest absolute Gasteiger partial charge is 0.276 e. The summed E-state index contributed by atoms with van der Waals surface area (Å²) >= 11 is 1.91. The van der Waals surface area contributed by atoms with Gasteiger partial charge in [0.05, 0.1) is 5.71 Å². The number of thiophene rings is 1.